The van der Waals surface area contributed by atoms with E-state index < -0.39 is 0 Å². The van der Waals surface area contributed by atoms with Crippen molar-refractivity contribution in [2.75, 3.05) is 14.1 Å². The standard InChI is InChI=1S/C14H17N3/c1-11(16(2)3)10-17-7-6-13-8-12(9-15)4-5-14(13)17/h4-8,11H,10H2,1-3H3/t11-/m1/s1. The lowest BCUT2D eigenvalue weighted by atomic mass is 10.2. The molecule has 3 heteroatoms. The third kappa shape index (κ3) is 2.32. The van der Waals surface area contributed by atoms with Crippen molar-refractivity contribution in [3.8, 4) is 6.07 Å². The van der Waals surface area contributed by atoms with Crippen LogP contribution in [0.25, 0.3) is 10.9 Å². The monoisotopic (exact) mass is 227 g/mol. The Kier molecular flexibility index (Phi) is 3.16. The molecule has 0 saturated heterocycles. The molecule has 0 aliphatic carbocycles. The summed E-state index contributed by atoms with van der Waals surface area (Å²) in [6.07, 6.45) is 2.09. The fraction of sp³-hybridized carbons (Fsp3) is 0.357. The molecule has 1 aromatic heterocycles. The van der Waals surface area contributed by atoms with Gasteiger partial charge >= 0.3 is 0 Å². The van der Waals surface area contributed by atoms with E-state index in [4.69, 9.17) is 5.26 Å². The molecular weight excluding hydrogens is 210 g/mol. The summed E-state index contributed by atoms with van der Waals surface area (Å²) >= 11 is 0. The van der Waals surface area contributed by atoms with Crippen molar-refractivity contribution in [2.24, 2.45) is 0 Å². The SMILES string of the molecule is C[C@H](Cn1ccc2cc(C#N)ccc21)N(C)C. The van der Waals surface area contributed by atoms with Crippen molar-refractivity contribution >= 4 is 10.9 Å². The molecule has 0 fully saturated rings. The number of nitrogens with zero attached hydrogens (tertiary/aromatic N) is 3. The predicted molar refractivity (Wildman–Crippen MR) is 69.8 cm³/mol. The van der Waals surface area contributed by atoms with Gasteiger partial charge in [0.15, 0.2) is 0 Å². The maximum absolute atomic E-state index is 8.86. The van der Waals surface area contributed by atoms with Gasteiger partial charge in [0.25, 0.3) is 0 Å². The highest BCUT2D eigenvalue weighted by molar-refractivity contribution is 5.81. The maximum atomic E-state index is 8.86. The van der Waals surface area contributed by atoms with Crippen LogP contribution in [-0.4, -0.2) is 29.6 Å². The van der Waals surface area contributed by atoms with Crippen molar-refractivity contribution in [3.05, 3.63) is 36.0 Å². The Morgan fingerprint density at radius 1 is 1.35 bits per heavy atom. The third-order valence-electron chi connectivity index (χ3n) is 3.24. The Bertz CT molecular complexity index is 560. The number of benzene rings is 1. The van der Waals surface area contributed by atoms with Crippen LogP contribution in [0.2, 0.25) is 0 Å². The number of rotatable bonds is 3. The average molecular weight is 227 g/mol. The molecule has 2 aromatic rings. The molecule has 0 amide bonds. The molecule has 2 rings (SSSR count). The van der Waals surface area contributed by atoms with Gasteiger partial charge in [-0.1, -0.05) is 0 Å². The van der Waals surface area contributed by atoms with E-state index in [0.717, 1.165) is 17.5 Å². The van der Waals surface area contributed by atoms with Gasteiger partial charge in [-0.3, -0.25) is 0 Å². The summed E-state index contributed by atoms with van der Waals surface area (Å²) in [6.45, 7) is 3.16. The Labute approximate surface area is 102 Å². The first kappa shape index (κ1) is 11.7. The molecule has 3 nitrogen and oxygen atoms in total. The van der Waals surface area contributed by atoms with E-state index in [1.165, 1.54) is 5.52 Å². The second-order valence-electron chi connectivity index (χ2n) is 4.67. The zero-order valence-electron chi connectivity index (χ0n) is 10.5. The van der Waals surface area contributed by atoms with E-state index in [0.29, 0.717) is 6.04 Å². The van der Waals surface area contributed by atoms with Crippen molar-refractivity contribution in [1.29, 1.82) is 5.26 Å². The summed E-state index contributed by atoms with van der Waals surface area (Å²) in [6, 6.07) is 10.6. The summed E-state index contributed by atoms with van der Waals surface area (Å²) < 4.78 is 2.24. The van der Waals surface area contributed by atoms with E-state index in [-0.39, 0.29) is 0 Å². The highest BCUT2D eigenvalue weighted by Crippen LogP contribution is 2.18. The van der Waals surface area contributed by atoms with Gasteiger partial charge in [0.05, 0.1) is 11.6 Å². The molecule has 0 aliphatic rings. The maximum Gasteiger partial charge on any atom is 0.0991 e. The first-order chi connectivity index (χ1) is 8.11. The first-order valence-corrected chi connectivity index (χ1v) is 5.77. The van der Waals surface area contributed by atoms with Gasteiger partial charge in [0.1, 0.15) is 0 Å². The van der Waals surface area contributed by atoms with Crippen LogP contribution in [0.5, 0.6) is 0 Å². The zero-order chi connectivity index (χ0) is 12.4. The van der Waals surface area contributed by atoms with E-state index in [2.05, 4.69) is 48.8 Å². The molecule has 0 radical (unpaired) electrons. The highest BCUT2D eigenvalue weighted by Gasteiger charge is 2.08. The van der Waals surface area contributed by atoms with Gasteiger partial charge in [-0.15, -0.1) is 0 Å². The van der Waals surface area contributed by atoms with Crippen LogP contribution in [0.15, 0.2) is 30.5 Å². The van der Waals surface area contributed by atoms with Crippen LogP contribution in [-0.2, 0) is 6.54 Å². The van der Waals surface area contributed by atoms with Crippen LogP contribution in [0.4, 0.5) is 0 Å². The van der Waals surface area contributed by atoms with E-state index in [1.807, 2.05) is 18.2 Å². The van der Waals surface area contributed by atoms with Gasteiger partial charge in [-0.2, -0.15) is 5.26 Å². The van der Waals surface area contributed by atoms with Crippen LogP contribution >= 0.6 is 0 Å². The molecule has 17 heavy (non-hydrogen) atoms. The normalized spacial score (nSPS) is 12.9. The first-order valence-electron chi connectivity index (χ1n) is 5.77. The molecule has 0 N–H and O–H groups in total. The number of likely N-dealkylation sites (N-methyl/N-ethyl adjacent to an activating group) is 1. The lowest BCUT2D eigenvalue weighted by Gasteiger charge is -2.20. The minimum atomic E-state index is 0.487. The van der Waals surface area contributed by atoms with E-state index in [1.54, 1.807) is 0 Å². The lowest BCUT2D eigenvalue weighted by molar-refractivity contribution is 0.286. The fourth-order valence-electron chi connectivity index (χ4n) is 1.88. The topological polar surface area (TPSA) is 32.0 Å². The molecular formula is C14H17N3. The third-order valence-corrected chi connectivity index (χ3v) is 3.24. The van der Waals surface area contributed by atoms with Gasteiger partial charge in [-0.25, -0.2) is 0 Å². The average Bonchev–Trinajstić information content (AvgIpc) is 2.71. The second-order valence-corrected chi connectivity index (χ2v) is 4.67. The van der Waals surface area contributed by atoms with Crippen LogP contribution in [0.3, 0.4) is 0 Å². The molecule has 1 atom stereocenters. The Hall–Kier alpha value is -1.79. The smallest absolute Gasteiger partial charge is 0.0991 e. The number of fused-ring (bicyclic) bond motifs is 1. The summed E-state index contributed by atoms with van der Waals surface area (Å²) in [5.41, 5.74) is 1.91. The molecule has 88 valence electrons. The number of aromatic nitrogens is 1. The van der Waals surface area contributed by atoms with Gasteiger partial charge in [-0.05, 0) is 45.3 Å². The summed E-state index contributed by atoms with van der Waals surface area (Å²) in [7, 11) is 4.17. The van der Waals surface area contributed by atoms with Gasteiger partial charge in [0.2, 0.25) is 0 Å². The number of hydrogen-bond acceptors (Lipinski definition) is 2. The molecule has 0 aliphatic heterocycles. The van der Waals surface area contributed by atoms with Crippen LogP contribution in [0.1, 0.15) is 12.5 Å². The largest absolute Gasteiger partial charge is 0.346 e. The molecule has 0 spiro atoms. The number of hydrogen-bond donors (Lipinski definition) is 0. The van der Waals surface area contributed by atoms with Crippen molar-refractivity contribution in [1.82, 2.24) is 9.47 Å². The summed E-state index contributed by atoms with van der Waals surface area (Å²) in [5.74, 6) is 0. The number of nitriles is 1. The fourth-order valence-corrected chi connectivity index (χ4v) is 1.88. The molecule has 1 aromatic carbocycles. The Morgan fingerprint density at radius 2 is 2.12 bits per heavy atom. The molecule has 0 unspecified atom stereocenters. The van der Waals surface area contributed by atoms with Crippen molar-refractivity contribution in [3.63, 3.8) is 0 Å². The van der Waals surface area contributed by atoms with Crippen molar-refractivity contribution in [2.45, 2.75) is 19.5 Å². The summed E-state index contributed by atoms with van der Waals surface area (Å²) in [4.78, 5) is 2.20. The minimum Gasteiger partial charge on any atom is -0.346 e. The predicted octanol–water partition coefficient (Wildman–Crippen LogP) is 2.46. The quantitative estimate of drug-likeness (QED) is 0.806. The van der Waals surface area contributed by atoms with E-state index >= 15 is 0 Å². The minimum absolute atomic E-state index is 0.487. The summed E-state index contributed by atoms with van der Waals surface area (Å²) in [5, 5.41) is 9.99. The van der Waals surface area contributed by atoms with Crippen molar-refractivity contribution < 1.29 is 0 Å². The highest BCUT2D eigenvalue weighted by atomic mass is 15.1. The molecule has 0 saturated carbocycles. The second kappa shape index (κ2) is 4.60. The van der Waals surface area contributed by atoms with Crippen LogP contribution in [0, 0.1) is 11.3 Å². The Balaban J connectivity index is 2.34. The van der Waals surface area contributed by atoms with E-state index in [9.17, 15) is 0 Å². The molecule has 1 heterocycles. The Morgan fingerprint density at radius 3 is 2.76 bits per heavy atom. The van der Waals surface area contributed by atoms with Gasteiger partial charge in [0, 0.05) is 29.7 Å². The lowest BCUT2D eigenvalue weighted by Crippen LogP contribution is -2.28. The van der Waals surface area contributed by atoms with Gasteiger partial charge < -0.3 is 9.47 Å². The molecule has 0 bridgehead atoms. The van der Waals surface area contributed by atoms with Crippen LogP contribution < -0.4 is 0 Å². The zero-order valence-corrected chi connectivity index (χ0v) is 10.5.